The van der Waals surface area contributed by atoms with Crippen LogP contribution in [0.2, 0.25) is 0 Å². The van der Waals surface area contributed by atoms with E-state index in [1.165, 1.54) is 5.69 Å². The van der Waals surface area contributed by atoms with Crippen molar-refractivity contribution in [2.75, 3.05) is 30.9 Å². The molecule has 5 heteroatoms. The molecule has 1 heterocycles. The second kappa shape index (κ2) is 9.65. The number of hydrogen-bond donors (Lipinski definition) is 2. The molecule has 0 radical (unpaired) electrons. The van der Waals surface area contributed by atoms with Gasteiger partial charge in [-0.2, -0.15) is 4.57 Å². The van der Waals surface area contributed by atoms with Crippen LogP contribution in [0, 0.1) is 0 Å². The van der Waals surface area contributed by atoms with Gasteiger partial charge in [0.1, 0.15) is 6.61 Å². The third-order valence-corrected chi connectivity index (χ3v) is 4.53. The first-order valence-corrected chi connectivity index (χ1v) is 9.63. The summed E-state index contributed by atoms with van der Waals surface area (Å²) in [5.41, 5.74) is 3.44. The van der Waals surface area contributed by atoms with Gasteiger partial charge in [0, 0.05) is 43.2 Å². The van der Waals surface area contributed by atoms with Crippen molar-refractivity contribution >= 4 is 40.3 Å². The van der Waals surface area contributed by atoms with Gasteiger partial charge in [0.2, 0.25) is 5.69 Å². The molecule has 0 amide bonds. The zero-order valence-corrected chi connectivity index (χ0v) is 15.0. The number of nitrogens with zero attached hydrogens (tertiary/aromatic N) is 2. The lowest BCUT2D eigenvalue weighted by atomic mass is 10.1. The average Bonchev–Trinajstić information content (AvgIpc) is 2.59. The fourth-order valence-electron chi connectivity index (χ4n) is 2.28. The monoisotopic (exact) mass is 347 g/mol. The summed E-state index contributed by atoms with van der Waals surface area (Å²) in [6.07, 6.45) is 6.15. The van der Waals surface area contributed by atoms with Crippen molar-refractivity contribution in [3.8, 4) is 0 Å². The molecule has 23 heavy (non-hydrogen) atoms. The SMILES string of the molecule is CN(CCSS)c1ccc(/C=C/c2cccc[n+]2CCO)cc1. The molecule has 2 aromatic rings. The topological polar surface area (TPSA) is 27.4 Å². The normalized spacial score (nSPS) is 11.1. The Labute approximate surface area is 147 Å². The fraction of sp³-hybridized carbons (Fsp3) is 0.278. The zero-order chi connectivity index (χ0) is 16.5. The molecular formula is C18H23N2OS2+. The molecule has 1 aromatic carbocycles. The summed E-state index contributed by atoms with van der Waals surface area (Å²) in [7, 11) is 3.65. The Morgan fingerprint density at radius 3 is 2.65 bits per heavy atom. The number of hydrogen-bond acceptors (Lipinski definition) is 4. The third kappa shape index (κ3) is 5.61. The second-order valence-corrected chi connectivity index (χ2v) is 6.66. The highest BCUT2D eigenvalue weighted by molar-refractivity contribution is 8.68. The van der Waals surface area contributed by atoms with Crippen molar-refractivity contribution in [3.63, 3.8) is 0 Å². The van der Waals surface area contributed by atoms with Gasteiger partial charge in [0.05, 0.1) is 0 Å². The van der Waals surface area contributed by atoms with Crippen LogP contribution in [0.5, 0.6) is 0 Å². The maximum atomic E-state index is 9.12. The first kappa shape index (κ1) is 17.9. The maximum Gasteiger partial charge on any atom is 0.205 e. The molecule has 3 nitrogen and oxygen atoms in total. The standard InChI is InChI=1S/C18H22N2OS2/c1-19(13-15-23-22)17-8-5-16(6-9-17)7-10-18-4-2-3-11-20(18)12-14-21/h2-11,21H,12-15H2,1H3/p+1. The van der Waals surface area contributed by atoms with Crippen molar-refractivity contribution in [2.24, 2.45) is 0 Å². The molecule has 0 aliphatic heterocycles. The number of rotatable bonds is 8. The minimum Gasteiger partial charge on any atom is -0.390 e. The first-order valence-electron chi connectivity index (χ1n) is 7.59. The highest BCUT2D eigenvalue weighted by Gasteiger charge is 2.05. The van der Waals surface area contributed by atoms with Crippen LogP contribution in [-0.4, -0.2) is 31.1 Å². The van der Waals surface area contributed by atoms with Crippen molar-refractivity contribution in [2.45, 2.75) is 6.54 Å². The van der Waals surface area contributed by atoms with Crippen LogP contribution < -0.4 is 9.47 Å². The van der Waals surface area contributed by atoms with Crippen molar-refractivity contribution in [1.82, 2.24) is 0 Å². The minimum atomic E-state index is 0.140. The molecule has 0 aliphatic rings. The molecule has 0 unspecified atom stereocenters. The number of benzene rings is 1. The van der Waals surface area contributed by atoms with Gasteiger partial charge < -0.3 is 10.0 Å². The number of thiol groups is 1. The Morgan fingerprint density at radius 2 is 1.96 bits per heavy atom. The molecule has 0 spiro atoms. The highest BCUT2D eigenvalue weighted by atomic mass is 33.1. The van der Waals surface area contributed by atoms with Gasteiger partial charge >= 0.3 is 0 Å². The van der Waals surface area contributed by atoms with E-state index in [0.29, 0.717) is 6.54 Å². The lowest BCUT2D eigenvalue weighted by molar-refractivity contribution is -0.699. The number of anilines is 1. The lowest BCUT2D eigenvalue weighted by Gasteiger charge is -2.18. The smallest absolute Gasteiger partial charge is 0.205 e. The van der Waals surface area contributed by atoms with Gasteiger partial charge in [0.15, 0.2) is 12.7 Å². The molecule has 1 N–H and O–H groups in total. The van der Waals surface area contributed by atoms with Crippen LogP contribution in [0.15, 0.2) is 48.7 Å². The summed E-state index contributed by atoms with van der Waals surface area (Å²) in [4.78, 5) is 2.23. The van der Waals surface area contributed by atoms with Gasteiger partial charge in [-0.1, -0.05) is 22.9 Å². The van der Waals surface area contributed by atoms with Gasteiger partial charge in [-0.25, -0.2) is 0 Å². The Kier molecular flexibility index (Phi) is 7.52. The summed E-state index contributed by atoms with van der Waals surface area (Å²) in [5, 5.41) is 9.12. The molecule has 1 aromatic heterocycles. The van der Waals surface area contributed by atoms with E-state index in [0.717, 1.165) is 23.6 Å². The Morgan fingerprint density at radius 1 is 1.17 bits per heavy atom. The van der Waals surface area contributed by atoms with Gasteiger partial charge in [0.25, 0.3) is 0 Å². The van der Waals surface area contributed by atoms with E-state index >= 15 is 0 Å². The zero-order valence-electron chi connectivity index (χ0n) is 13.3. The predicted molar refractivity (Wildman–Crippen MR) is 104 cm³/mol. The summed E-state index contributed by atoms with van der Waals surface area (Å²) >= 11 is 4.17. The Bertz CT molecular complexity index is 629. The summed E-state index contributed by atoms with van der Waals surface area (Å²) in [6.45, 7) is 1.73. The van der Waals surface area contributed by atoms with E-state index in [9.17, 15) is 0 Å². The fourth-order valence-corrected chi connectivity index (χ4v) is 2.88. The van der Waals surface area contributed by atoms with Crippen molar-refractivity contribution in [1.29, 1.82) is 0 Å². The van der Waals surface area contributed by atoms with Crippen molar-refractivity contribution < 1.29 is 9.67 Å². The Balaban J connectivity index is 2.06. The summed E-state index contributed by atoms with van der Waals surface area (Å²) in [6, 6.07) is 14.5. The predicted octanol–water partition coefficient (Wildman–Crippen LogP) is 3.15. The van der Waals surface area contributed by atoms with Crippen molar-refractivity contribution in [3.05, 3.63) is 59.9 Å². The molecule has 0 bridgehead atoms. The number of aliphatic hydroxyl groups excluding tert-OH is 1. The molecule has 0 fully saturated rings. The summed E-state index contributed by atoms with van der Waals surface area (Å²) in [5.74, 6) is 1.00. The second-order valence-electron chi connectivity index (χ2n) is 5.22. The van der Waals surface area contributed by atoms with E-state index in [-0.39, 0.29) is 6.61 Å². The van der Waals surface area contributed by atoms with Crippen LogP contribution >= 0.6 is 22.5 Å². The third-order valence-electron chi connectivity index (χ3n) is 3.62. The van der Waals surface area contributed by atoms with Gasteiger partial charge in [-0.3, -0.25) is 0 Å². The molecule has 0 atom stereocenters. The number of aromatic nitrogens is 1. The highest BCUT2D eigenvalue weighted by Crippen LogP contribution is 2.16. The van der Waals surface area contributed by atoms with Gasteiger partial charge in [-0.05, 0) is 29.8 Å². The van der Waals surface area contributed by atoms with Crippen LogP contribution in [-0.2, 0) is 6.54 Å². The molecule has 0 saturated carbocycles. The van der Waals surface area contributed by atoms with Crippen LogP contribution in [0.3, 0.4) is 0 Å². The first-order chi connectivity index (χ1) is 11.2. The molecular weight excluding hydrogens is 324 g/mol. The molecule has 0 saturated heterocycles. The van der Waals surface area contributed by atoms with E-state index < -0.39 is 0 Å². The van der Waals surface area contributed by atoms with Crippen LogP contribution in [0.25, 0.3) is 12.2 Å². The van der Waals surface area contributed by atoms with E-state index in [1.807, 2.05) is 29.0 Å². The molecule has 122 valence electrons. The van der Waals surface area contributed by atoms with E-state index in [2.05, 4.69) is 60.0 Å². The van der Waals surface area contributed by atoms with Crippen LogP contribution in [0.4, 0.5) is 5.69 Å². The quantitative estimate of drug-likeness (QED) is 0.436. The van der Waals surface area contributed by atoms with Gasteiger partial charge in [-0.15, -0.1) is 11.7 Å². The minimum absolute atomic E-state index is 0.140. The maximum absolute atomic E-state index is 9.12. The molecule has 2 rings (SSSR count). The number of pyridine rings is 1. The Hall–Kier alpha value is -1.43. The van der Waals surface area contributed by atoms with E-state index in [4.69, 9.17) is 5.11 Å². The average molecular weight is 348 g/mol. The van der Waals surface area contributed by atoms with Crippen LogP contribution in [0.1, 0.15) is 11.3 Å². The largest absolute Gasteiger partial charge is 0.390 e. The van der Waals surface area contributed by atoms with E-state index in [1.54, 1.807) is 10.8 Å². The summed E-state index contributed by atoms with van der Waals surface area (Å²) < 4.78 is 2.04. The molecule has 0 aliphatic carbocycles. The lowest BCUT2D eigenvalue weighted by Crippen LogP contribution is -2.38. The number of aliphatic hydroxyl groups is 1.